The highest BCUT2D eigenvalue weighted by Gasteiger charge is 2.30. The second kappa shape index (κ2) is 4.65. The Labute approximate surface area is 101 Å². The highest BCUT2D eigenvalue weighted by molar-refractivity contribution is 6.04. The average Bonchev–Trinajstić information content (AvgIpc) is 2.25. The van der Waals surface area contributed by atoms with Gasteiger partial charge in [-0.3, -0.25) is 10.2 Å². The lowest BCUT2D eigenvalue weighted by Crippen LogP contribution is -2.29. The van der Waals surface area contributed by atoms with Crippen molar-refractivity contribution in [2.24, 2.45) is 10.5 Å². The molecule has 17 heavy (non-hydrogen) atoms. The molecular weight excluding hydrogens is 214 g/mol. The van der Waals surface area contributed by atoms with Crippen molar-refractivity contribution in [3.63, 3.8) is 0 Å². The standard InChI is InChI=1S/C13H17N3O/c1-13(2)8-10(7-11(17)9-13)15-16-12-5-3-4-6-14-12/h3-6H,7-9H2,1-2H3,(H,14,16)/b15-10-. The molecule has 0 aromatic carbocycles. The summed E-state index contributed by atoms with van der Waals surface area (Å²) in [6.45, 7) is 4.20. The molecule has 4 heteroatoms. The van der Waals surface area contributed by atoms with Crippen LogP contribution in [0.3, 0.4) is 0 Å². The maximum Gasteiger partial charge on any atom is 0.146 e. The molecule has 0 spiro atoms. The number of hydrogen-bond donors (Lipinski definition) is 1. The number of Topliss-reactive ketones (excluding diaryl/α,β-unsaturated/α-hetero) is 1. The predicted octanol–water partition coefficient (Wildman–Crippen LogP) is 2.63. The van der Waals surface area contributed by atoms with Crippen molar-refractivity contribution in [3.05, 3.63) is 24.4 Å². The molecule has 1 aliphatic rings. The Kier molecular flexibility index (Phi) is 3.22. The van der Waals surface area contributed by atoms with E-state index in [1.807, 2.05) is 18.2 Å². The van der Waals surface area contributed by atoms with Gasteiger partial charge in [0.05, 0.1) is 0 Å². The molecular formula is C13H17N3O. The summed E-state index contributed by atoms with van der Waals surface area (Å²) in [6.07, 6.45) is 3.68. The molecule has 0 bridgehead atoms. The average molecular weight is 231 g/mol. The summed E-state index contributed by atoms with van der Waals surface area (Å²) < 4.78 is 0. The van der Waals surface area contributed by atoms with Crippen LogP contribution in [0.15, 0.2) is 29.5 Å². The minimum absolute atomic E-state index is 0.0277. The van der Waals surface area contributed by atoms with Gasteiger partial charge in [0.15, 0.2) is 0 Å². The fraction of sp³-hybridized carbons (Fsp3) is 0.462. The SMILES string of the molecule is CC1(C)CC(=O)C/C(=N/Nc2ccccn2)C1. The first kappa shape index (κ1) is 11.8. The van der Waals surface area contributed by atoms with Crippen molar-refractivity contribution in [2.45, 2.75) is 33.1 Å². The molecule has 2 rings (SSSR count). The van der Waals surface area contributed by atoms with Gasteiger partial charge in [-0.05, 0) is 24.0 Å². The Bertz CT molecular complexity index is 437. The Balaban J connectivity index is 2.05. The van der Waals surface area contributed by atoms with Crippen molar-refractivity contribution < 1.29 is 4.79 Å². The Hall–Kier alpha value is -1.71. The maximum absolute atomic E-state index is 11.6. The molecule has 1 N–H and O–H groups in total. The molecule has 0 aliphatic heterocycles. The van der Waals surface area contributed by atoms with E-state index in [1.54, 1.807) is 6.20 Å². The number of hydrogen-bond acceptors (Lipinski definition) is 4. The van der Waals surface area contributed by atoms with Gasteiger partial charge in [-0.2, -0.15) is 5.10 Å². The van der Waals surface area contributed by atoms with Gasteiger partial charge in [0.1, 0.15) is 11.6 Å². The Morgan fingerprint density at radius 3 is 2.82 bits per heavy atom. The number of ketones is 1. The topological polar surface area (TPSA) is 54.4 Å². The smallest absolute Gasteiger partial charge is 0.146 e. The zero-order valence-corrected chi connectivity index (χ0v) is 10.2. The van der Waals surface area contributed by atoms with Gasteiger partial charge in [-0.15, -0.1) is 0 Å². The molecule has 4 nitrogen and oxygen atoms in total. The minimum Gasteiger partial charge on any atom is -0.299 e. The molecule has 0 radical (unpaired) electrons. The van der Waals surface area contributed by atoms with Crippen LogP contribution in [0.1, 0.15) is 33.1 Å². The van der Waals surface area contributed by atoms with E-state index in [0.29, 0.717) is 18.7 Å². The minimum atomic E-state index is 0.0277. The summed E-state index contributed by atoms with van der Waals surface area (Å²) in [7, 11) is 0. The van der Waals surface area contributed by atoms with E-state index in [4.69, 9.17) is 0 Å². The zero-order valence-electron chi connectivity index (χ0n) is 10.2. The van der Waals surface area contributed by atoms with Crippen LogP contribution in [0.2, 0.25) is 0 Å². The summed E-state index contributed by atoms with van der Waals surface area (Å²) in [5.74, 6) is 0.971. The summed E-state index contributed by atoms with van der Waals surface area (Å²) in [5.41, 5.74) is 3.84. The molecule has 0 amide bonds. The normalized spacial score (nSPS) is 21.5. The van der Waals surface area contributed by atoms with E-state index >= 15 is 0 Å². The van der Waals surface area contributed by atoms with Crippen LogP contribution in [0.4, 0.5) is 5.82 Å². The van der Waals surface area contributed by atoms with Crippen molar-refractivity contribution in [1.82, 2.24) is 4.98 Å². The van der Waals surface area contributed by atoms with Gasteiger partial charge in [0.25, 0.3) is 0 Å². The third-order valence-corrected chi connectivity index (χ3v) is 2.75. The number of nitrogens with one attached hydrogen (secondary N) is 1. The van der Waals surface area contributed by atoms with Crippen LogP contribution < -0.4 is 5.43 Å². The third-order valence-electron chi connectivity index (χ3n) is 2.75. The first-order valence-electron chi connectivity index (χ1n) is 5.79. The number of aromatic nitrogens is 1. The molecule has 1 fully saturated rings. The first-order valence-corrected chi connectivity index (χ1v) is 5.79. The second-order valence-corrected chi connectivity index (χ2v) is 5.24. The van der Waals surface area contributed by atoms with E-state index < -0.39 is 0 Å². The number of carbonyl (C=O) groups excluding carboxylic acids is 1. The number of hydrazone groups is 1. The van der Waals surface area contributed by atoms with E-state index in [2.05, 4.69) is 29.4 Å². The maximum atomic E-state index is 11.6. The molecule has 0 atom stereocenters. The monoisotopic (exact) mass is 231 g/mol. The number of carbonyl (C=O) groups is 1. The van der Waals surface area contributed by atoms with Crippen molar-refractivity contribution in [3.8, 4) is 0 Å². The van der Waals surface area contributed by atoms with Gasteiger partial charge in [0, 0.05) is 24.8 Å². The van der Waals surface area contributed by atoms with Gasteiger partial charge in [-0.1, -0.05) is 19.9 Å². The molecule has 1 aromatic rings. The molecule has 90 valence electrons. The second-order valence-electron chi connectivity index (χ2n) is 5.24. The zero-order chi connectivity index (χ0) is 12.3. The van der Waals surface area contributed by atoms with Crippen LogP contribution in [0.5, 0.6) is 0 Å². The largest absolute Gasteiger partial charge is 0.299 e. The van der Waals surface area contributed by atoms with Crippen molar-refractivity contribution >= 4 is 17.3 Å². The lowest BCUT2D eigenvalue weighted by atomic mass is 9.76. The van der Waals surface area contributed by atoms with E-state index in [9.17, 15) is 4.79 Å². The van der Waals surface area contributed by atoms with Gasteiger partial charge in [0.2, 0.25) is 0 Å². The predicted molar refractivity (Wildman–Crippen MR) is 67.9 cm³/mol. The quantitative estimate of drug-likeness (QED) is 0.796. The fourth-order valence-electron chi connectivity index (χ4n) is 2.15. The Morgan fingerprint density at radius 2 is 2.18 bits per heavy atom. The molecule has 1 heterocycles. The molecule has 1 aliphatic carbocycles. The lowest BCUT2D eigenvalue weighted by Gasteiger charge is -2.29. The first-order chi connectivity index (χ1) is 8.05. The lowest BCUT2D eigenvalue weighted by molar-refractivity contribution is -0.120. The van der Waals surface area contributed by atoms with E-state index in [-0.39, 0.29) is 11.2 Å². The van der Waals surface area contributed by atoms with E-state index in [1.165, 1.54) is 0 Å². The van der Waals surface area contributed by atoms with Gasteiger partial charge in [-0.25, -0.2) is 4.98 Å². The number of anilines is 1. The molecule has 1 saturated carbocycles. The number of rotatable bonds is 2. The van der Waals surface area contributed by atoms with Crippen molar-refractivity contribution in [1.29, 1.82) is 0 Å². The Morgan fingerprint density at radius 1 is 1.35 bits per heavy atom. The van der Waals surface area contributed by atoms with Gasteiger partial charge < -0.3 is 0 Å². The summed E-state index contributed by atoms with van der Waals surface area (Å²) in [4.78, 5) is 15.7. The third kappa shape index (κ3) is 3.37. The number of nitrogens with zero attached hydrogens (tertiary/aromatic N) is 2. The van der Waals surface area contributed by atoms with Crippen LogP contribution in [0.25, 0.3) is 0 Å². The summed E-state index contributed by atoms with van der Waals surface area (Å²) >= 11 is 0. The molecule has 0 unspecified atom stereocenters. The van der Waals surface area contributed by atoms with Crippen LogP contribution >= 0.6 is 0 Å². The van der Waals surface area contributed by atoms with Crippen LogP contribution in [-0.4, -0.2) is 16.5 Å². The van der Waals surface area contributed by atoms with E-state index in [0.717, 1.165) is 12.1 Å². The molecule has 1 aromatic heterocycles. The van der Waals surface area contributed by atoms with Crippen LogP contribution in [0, 0.1) is 5.41 Å². The van der Waals surface area contributed by atoms with Crippen molar-refractivity contribution in [2.75, 3.05) is 5.43 Å². The highest BCUT2D eigenvalue weighted by Crippen LogP contribution is 2.31. The highest BCUT2D eigenvalue weighted by atomic mass is 16.1. The number of pyridine rings is 1. The van der Waals surface area contributed by atoms with Gasteiger partial charge >= 0.3 is 0 Å². The summed E-state index contributed by atoms with van der Waals surface area (Å²) in [6, 6.07) is 5.59. The summed E-state index contributed by atoms with van der Waals surface area (Å²) in [5, 5.41) is 4.28. The van der Waals surface area contributed by atoms with Crippen LogP contribution in [-0.2, 0) is 4.79 Å². The fourth-order valence-corrected chi connectivity index (χ4v) is 2.15. The molecule has 0 saturated heterocycles.